The highest BCUT2D eigenvalue weighted by Gasteiger charge is 2.16. The topological polar surface area (TPSA) is 35.2 Å². The fraction of sp³-hybridized carbons (Fsp3) is 0.500. The third-order valence-corrected chi connectivity index (χ3v) is 3.84. The van der Waals surface area contributed by atoms with Crippen molar-refractivity contribution in [1.82, 2.24) is 19.8 Å². The van der Waals surface area contributed by atoms with E-state index in [1.54, 1.807) is 6.33 Å². The number of likely N-dealkylation sites (N-methyl/N-ethyl adjacent to an activating group) is 1. The van der Waals surface area contributed by atoms with Crippen LogP contribution in [-0.2, 0) is 6.54 Å². The minimum Gasteiger partial charge on any atom is -0.345 e. The first-order valence-corrected chi connectivity index (χ1v) is 6.72. The summed E-state index contributed by atoms with van der Waals surface area (Å²) in [6.07, 6.45) is 1.78. The second-order valence-electron chi connectivity index (χ2n) is 4.93. The molecule has 1 saturated heterocycles. The Bertz CT molecular complexity index is 511. The molecular formula is C14H20N4. The van der Waals surface area contributed by atoms with E-state index in [-0.39, 0.29) is 0 Å². The lowest BCUT2D eigenvalue weighted by Gasteiger charge is -2.34. The number of nitrogens with one attached hydrogen (secondary N) is 1. The van der Waals surface area contributed by atoms with Crippen molar-refractivity contribution in [3.05, 3.63) is 30.1 Å². The second-order valence-corrected chi connectivity index (χ2v) is 4.93. The smallest absolute Gasteiger partial charge is 0.0932 e. The molecule has 3 rings (SSSR count). The van der Waals surface area contributed by atoms with E-state index in [0.29, 0.717) is 0 Å². The normalized spacial score (nSPS) is 18.5. The standard InChI is InChI=1S/C14H20N4/c1-2-17-6-8-18(9-7-17)10-12-4-3-5-13-14(12)16-11-15-13/h3-5,11H,2,6-10H2,1H3,(H,15,16). The Morgan fingerprint density at radius 1 is 1.17 bits per heavy atom. The van der Waals surface area contributed by atoms with Gasteiger partial charge in [-0.1, -0.05) is 19.1 Å². The number of hydrogen-bond donors (Lipinski definition) is 1. The van der Waals surface area contributed by atoms with Gasteiger partial charge in [-0.2, -0.15) is 0 Å². The average molecular weight is 244 g/mol. The highest BCUT2D eigenvalue weighted by Crippen LogP contribution is 2.17. The van der Waals surface area contributed by atoms with Crippen LogP contribution in [0.4, 0.5) is 0 Å². The van der Waals surface area contributed by atoms with E-state index in [1.165, 1.54) is 25.2 Å². The first kappa shape index (κ1) is 11.7. The molecule has 2 aromatic rings. The Morgan fingerprint density at radius 3 is 2.72 bits per heavy atom. The van der Waals surface area contributed by atoms with Gasteiger partial charge in [0.05, 0.1) is 17.4 Å². The highest BCUT2D eigenvalue weighted by atomic mass is 15.3. The summed E-state index contributed by atoms with van der Waals surface area (Å²) in [5, 5.41) is 0. The summed E-state index contributed by atoms with van der Waals surface area (Å²) in [6.45, 7) is 9.12. The largest absolute Gasteiger partial charge is 0.345 e. The number of para-hydroxylation sites is 1. The van der Waals surface area contributed by atoms with Gasteiger partial charge in [-0.05, 0) is 18.2 Å². The van der Waals surface area contributed by atoms with Crippen LogP contribution in [0, 0.1) is 0 Å². The van der Waals surface area contributed by atoms with E-state index in [0.717, 1.165) is 30.7 Å². The van der Waals surface area contributed by atoms with Gasteiger partial charge in [-0.15, -0.1) is 0 Å². The van der Waals surface area contributed by atoms with Crippen LogP contribution >= 0.6 is 0 Å². The number of piperazine rings is 1. The lowest BCUT2D eigenvalue weighted by molar-refractivity contribution is 0.132. The molecule has 0 spiro atoms. The van der Waals surface area contributed by atoms with Gasteiger partial charge in [-0.3, -0.25) is 4.90 Å². The maximum absolute atomic E-state index is 4.42. The number of H-pyrrole nitrogens is 1. The van der Waals surface area contributed by atoms with Crippen molar-refractivity contribution >= 4 is 11.0 Å². The summed E-state index contributed by atoms with van der Waals surface area (Å²) in [4.78, 5) is 12.6. The number of benzene rings is 1. The number of hydrogen-bond acceptors (Lipinski definition) is 3. The molecule has 1 aromatic carbocycles. The van der Waals surface area contributed by atoms with E-state index in [9.17, 15) is 0 Å². The van der Waals surface area contributed by atoms with E-state index in [4.69, 9.17) is 0 Å². The van der Waals surface area contributed by atoms with Crippen molar-refractivity contribution in [3.63, 3.8) is 0 Å². The molecule has 0 radical (unpaired) electrons. The van der Waals surface area contributed by atoms with Crippen LogP contribution in [0.25, 0.3) is 11.0 Å². The van der Waals surface area contributed by atoms with Crippen molar-refractivity contribution in [1.29, 1.82) is 0 Å². The van der Waals surface area contributed by atoms with Gasteiger partial charge >= 0.3 is 0 Å². The minimum atomic E-state index is 1.01. The maximum atomic E-state index is 4.42. The van der Waals surface area contributed by atoms with Crippen molar-refractivity contribution in [2.24, 2.45) is 0 Å². The summed E-state index contributed by atoms with van der Waals surface area (Å²) in [7, 11) is 0. The summed E-state index contributed by atoms with van der Waals surface area (Å²) < 4.78 is 0. The molecule has 0 unspecified atom stereocenters. The van der Waals surface area contributed by atoms with Gasteiger partial charge < -0.3 is 9.88 Å². The molecule has 0 saturated carbocycles. The second kappa shape index (κ2) is 5.08. The van der Waals surface area contributed by atoms with Crippen molar-refractivity contribution < 1.29 is 0 Å². The predicted molar refractivity (Wildman–Crippen MR) is 73.5 cm³/mol. The van der Waals surface area contributed by atoms with Crippen LogP contribution in [0.15, 0.2) is 24.5 Å². The molecule has 0 atom stereocenters. The Morgan fingerprint density at radius 2 is 1.94 bits per heavy atom. The molecule has 18 heavy (non-hydrogen) atoms. The van der Waals surface area contributed by atoms with E-state index in [1.807, 2.05) is 0 Å². The lowest BCUT2D eigenvalue weighted by Crippen LogP contribution is -2.45. The van der Waals surface area contributed by atoms with E-state index in [2.05, 4.69) is 44.9 Å². The number of rotatable bonds is 3. The van der Waals surface area contributed by atoms with Crippen LogP contribution in [-0.4, -0.2) is 52.5 Å². The number of nitrogens with zero attached hydrogens (tertiary/aromatic N) is 3. The molecular weight excluding hydrogens is 224 g/mol. The molecule has 1 aliphatic rings. The molecule has 1 aliphatic heterocycles. The van der Waals surface area contributed by atoms with Crippen LogP contribution < -0.4 is 0 Å². The number of imidazole rings is 1. The Labute approximate surface area is 108 Å². The molecule has 0 amide bonds. The predicted octanol–water partition coefficient (Wildman–Crippen LogP) is 1.70. The van der Waals surface area contributed by atoms with Gasteiger partial charge in [0.15, 0.2) is 0 Å². The maximum Gasteiger partial charge on any atom is 0.0932 e. The molecule has 1 fully saturated rings. The Kier molecular flexibility index (Phi) is 3.30. The molecule has 0 bridgehead atoms. The lowest BCUT2D eigenvalue weighted by atomic mass is 10.1. The fourth-order valence-corrected chi connectivity index (χ4v) is 2.66. The summed E-state index contributed by atoms with van der Waals surface area (Å²) >= 11 is 0. The van der Waals surface area contributed by atoms with Crippen LogP contribution in [0.5, 0.6) is 0 Å². The molecule has 0 aliphatic carbocycles. The van der Waals surface area contributed by atoms with Gasteiger partial charge in [0.1, 0.15) is 0 Å². The summed E-state index contributed by atoms with van der Waals surface area (Å²) in [5.74, 6) is 0. The van der Waals surface area contributed by atoms with Crippen molar-refractivity contribution in [2.75, 3.05) is 32.7 Å². The quantitative estimate of drug-likeness (QED) is 0.892. The van der Waals surface area contributed by atoms with E-state index >= 15 is 0 Å². The third kappa shape index (κ3) is 2.26. The molecule has 96 valence electrons. The van der Waals surface area contributed by atoms with Gasteiger partial charge in [0.2, 0.25) is 0 Å². The van der Waals surface area contributed by atoms with Crippen LogP contribution in [0.2, 0.25) is 0 Å². The SMILES string of the molecule is CCN1CCN(Cc2cccc3[nH]cnc23)CC1. The molecule has 1 aromatic heterocycles. The van der Waals surface area contributed by atoms with Crippen molar-refractivity contribution in [3.8, 4) is 0 Å². The molecule has 1 N–H and O–H groups in total. The average Bonchev–Trinajstić information content (AvgIpc) is 2.89. The van der Waals surface area contributed by atoms with Gasteiger partial charge in [-0.25, -0.2) is 4.98 Å². The first-order chi connectivity index (χ1) is 8.86. The molecule has 2 heterocycles. The van der Waals surface area contributed by atoms with Crippen LogP contribution in [0.1, 0.15) is 12.5 Å². The number of fused-ring (bicyclic) bond motifs is 1. The molecule has 4 heteroatoms. The number of aromatic nitrogens is 2. The van der Waals surface area contributed by atoms with Crippen molar-refractivity contribution in [2.45, 2.75) is 13.5 Å². The van der Waals surface area contributed by atoms with Gasteiger partial charge in [0, 0.05) is 32.7 Å². The van der Waals surface area contributed by atoms with E-state index < -0.39 is 0 Å². The zero-order valence-corrected chi connectivity index (χ0v) is 10.9. The fourth-order valence-electron chi connectivity index (χ4n) is 2.66. The third-order valence-electron chi connectivity index (χ3n) is 3.84. The minimum absolute atomic E-state index is 1.01. The van der Waals surface area contributed by atoms with Gasteiger partial charge in [0.25, 0.3) is 0 Å². The monoisotopic (exact) mass is 244 g/mol. The Hall–Kier alpha value is -1.39. The summed E-state index contributed by atoms with van der Waals surface area (Å²) in [6, 6.07) is 6.38. The Balaban J connectivity index is 1.71. The molecule has 4 nitrogen and oxygen atoms in total. The first-order valence-electron chi connectivity index (χ1n) is 6.72. The zero-order chi connectivity index (χ0) is 12.4. The zero-order valence-electron chi connectivity index (χ0n) is 10.9. The highest BCUT2D eigenvalue weighted by molar-refractivity contribution is 5.78. The number of aromatic amines is 1. The van der Waals surface area contributed by atoms with Crippen LogP contribution in [0.3, 0.4) is 0 Å². The summed E-state index contributed by atoms with van der Waals surface area (Å²) in [5.41, 5.74) is 3.59.